The Labute approximate surface area is 162 Å². The lowest BCUT2D eigenvalue weighted by atomic mass is 10.1. The van der Waals surface area contributed by atoms with Crippen molar-refractivity contribution in [2.24, 2.45) is 0 Å². The summed E-state index contributed by atoms with van der Waals surface area (Å²) in [6.07, 6.45) is 0.768. The van der Waals surface area contributed by atoms with Crippen LogP contribution in [-0.2, 0) is 4.74 Å². The van der Waals surface area contributed by atoms with Crippen LogP contribution < -0.4 is 9.47 Å². The number of hydrogen-bond donors (Lipinski definition) is 0. The molecule has 0 radical (unpaired) electrons. The molecule has 0 N–H and O–H groups in total. The Bertz CT molecular complexity index is 681. The van der Waals surface area contributed by atoms with Crippen molar-refractivity contribution in [3.63, 3.8) is 0 Å². The minimum Gasteiger partial charge on any atom is -0.493 e. The van der Waals surface area contributed by atoms with Gasteiger partial charge in [0.15, 0.2) is 11.5 Å². The second-order valence-corrected chi connectivity index (χ2v) is 6.55. The number of benzene rings is 1. The minimum atomic E-state index is -0.891. The van der Waals surface area contributed by atoms with Gasteiger partial charge in [-0.15, -0.1) is 11.8 Å². The number of amides is 2. The van der Waals surface area contributed by atoms with E-state index in [9.17, 15) is 19.7 Å². The standard InChI is InChI=1S/C17H24N2O7S/c1-5-7-8-26-15-10-13(19(22)23)12(9-14(15)24-3)16(20)18(11-27-6-2)17(21)25-4/h9-10H,5-8,11H2,1-4H3. The highest BCUT2D eigenvalue weighted by atomic mass is 32.2. The van der Waals surface area contributed by atoms with Crippen molar-refractivity contribution in [1.82, 2.24) is 4.90 Å². The molecule has 0 aliphatic rings. The van der Waals surface area contributed by atoms with Crippen LogP contribution in [-0.4, -0.2) is 54.3 Å². The van der Waals surface area contributed by atoms with Crippen molar-refractivity contribution < 1.29 is 28.7 Å². The highest BCUT2D eigenvalue weighted by molar-refractivity contribution is 7.99. The zero-order valence-corrected chi connectivity index (χ0v) is 16.7. The largest absolute Gasteiger partial charge is 0.493 e. The molecule has 0 saturated heterocycles. The monoisotopic (exact) mass is 400 g/mol. The van der Waals surface area contributed by atoms with Gasteiger partial charge < -0.3 is 14.2 Å². The molecule has 27 heavy (non-hydrogen) atoms. The smallest absolute Gasteiger partial charge is 0.417 e. The van der Waals surface area contributed by atoms with Gasteiger partial charge in [-0.3, -0.25) is 14.9 Å². The number of carbonyl (C=O) groups is 2. The number of carbonyl (C=O) groups excluding carboxylic acids is 2. The number of nitro groups is 1. The lowest BCUT2D eigenvalue weighted by molar-refractivity contribution is -0.385. The highest BCUT2D eigenvalue weighted by Gasteiger charge is 2.31. The second-order valence-electron chi connectivity index (χ2n) is 5.30. The van der Waals surface area contributed by atoms with E-state index in [1.54, 1.807) is 0 Å². The van der Waals surface area contributed by atoms with E-state index in [0.717, 1.165) is 30.9 Å². The summed E-state index contributed by atoms with van der Waals surface area (Å²) < 4.78 is 15.4. The molecule has 150 valence electrons. The summed E-state index contributed by atoms with van der Waals surface area (Å²) in [7, 11) is 2.51. The molecule has 0 aromatic heterocycles. The van der Waals surface area contributed by atoms with Crippen molar-refractivity contribution in [2.45, 2.75) is 26.7 Å². The van der Waals surface area contributed by atoms with Crippen LogP contribution in [0.5, 0.6) is 11.5 Å². The molecular weight excluding hydrogens is 376 g/mol. The third-order valence-corrected chi connectivity index (χ3v) is 4.38. The fourth-order valence-electron chi connectivity index (χ4n) is 2.10. The summed E-state index contributed by atoms with van der Waals surface area (Å²) in [6.45, 7) is 4.21. The third-order valence-electron chi connectivity index (χ3n) is 3.53. The number of methoxy groups -OCH3 is 2. The number of nitrogens with zero attached hydrogens (tertiary/aromatic N) is 2. The molecule has 0 unspecified atom stereocenters. The van der Waals surface area contributed by atoms with Gasteiger partial charge in [-0.05, 0) is 12.2 Å². The van der Waals surface area contributed by atoms with Gasteiger partial charge in [-0.2, -0.15) is 0 Å². The fraction of sp³-hybridized carbons (Fsp3) is 0.529. The molecule has 0 bridgehead atoms. The van der Waals surface area contributed by atoms with E-state index in [1.807, 2.05) is 13.8 Å². The Balaban J connectivity index is 3.35. The van der Waals surface area contributed by atoms with Crippen LogP contribution in [0.15, 0.2) is 12.1 Å². The second kappa shape index (κ2) is 11.3. The number of hydrogen-bond acceptors (Lipinski definition) is 8. The van der Waals surface area contributed by atoms with Gasteiger partial charge in [-0.25, -0.2) is 9.69 Å². The zero-order valence-electron chi connectivity index (χ0n) is 15.9. The lowest BCUT2D eigenvalue weighted by Gasteiger charge is -2.19. The van der Waals surface area contributed by atoms with Gasteiger partial charge in [-0.1, -0.05) is 20.3 Å². The van der Waals surface area contributed by atoms with Crippen LogP contribution >= 0.6 is 11.8 Å². The van der Waals surface area contributed by atoms with Crippen LogP contribution in [0.1, 0.15) is 37.0 Å². The number of thioether (sulfide) groups is 1. The van der Waals surface area contributed by atoms with E-state index in [-0.39, 0.29) is 22.9 Å². The maximum atomic E-state index is 12.8. The molecule has 0 aliphatic heterocycles. The lowest BCUT2D eigenvalue weighted by Crippen LogP contribution is -2.37. The Morgan fingerprint density at radius 2 is 1.93 bits per heavy atom. The first-order valence-electron chi connectivity index (χ1n) is 8.37. The van der Waals surface area contributed by atoms with Gasteiger partial charge in [0.2, 0.25) is 0 Å². The molecule has 9 nitrogen and oxygen atoms in total. The molecule has 1 aromatic rings. The topological polar surface area (TPSA) is 108 Å². The Hall–Kier alpha value is -2.49. The van der Waals surface area contributed by atoms with Crippen LogP contribution in [0.25, 0.3) is 0 Å². The van der Waals surface area contributed by atoms with Gasteiger partial charge >= 0.3 is 6.09 Å². The van der Waals surface area contributed by atoms with Gasteiger partial charge in [0.25, 0.3) is 11.6 Å². The summed E-state index contributed by atoms with van der Waals surface area (Å²) in [4.78, 5) is 36.4. The van der Waals surface area contributed by atoms with Crippen molar-refractivity contribution >= 4 is 29.4 Å². The Morgan fingerprint density at radius 1 is 1.22 bits per heavy atom. The van der Waals surface area contributed by atoms with E-state index >= 15 is 0 Å². The predicted molar refractivity (Wildman–Crippen MR) is 102 cm³/mol. The quantitative estimate of drug-likeness (QED) is 0.253. The molecule has 10 heteroatoms. The van der Waals surface area contributed by atoms with Crippen LogP contribution in [0.2, 0.25) is 0 Å². The number of nitro benzene ring substituents is 1. The molecule has 0 spiro atoms. The summed E-state index contributed by atoms with van der Waals surface area (Å²) in [5.74, 6) is 0.162. The molecule has 0 aliphatic carbocycles. The molecule has 1 aromatic carbocycles. The fourth-order valence-corrected chi connectivity index (χ4v) is 2.69. The molecule has 1 rings (SSSR count). The Kier molecular flexibility index (Phi) is 9.41. The molecule has 2 amide bonds. The average Bonchev–Trinajstić information content (AvgIpc) is 2.67. The Morgan fingerprint density at radius 3 is 2.44 bits per heavy atom. The minimum absolute atomic E-state index is 0.0101. The molecule has 0 atom stereocenters. The highest BCUT2D eigenvalue weighted by Crippen LogP contribution is 2.35. The SMILES string of the molecule is CCCCOc1cc([N+](=O)[O-])c(C(=O)N(CSCC)C(=O)OC)cc1OC. The van der Waals surface area contributed by atoms with E-state index in [0.29, 0.717) is 12.4 Å². The summed E-state index contributed by atoms with van der Waals surface area (Å²) in [5.41, 5.74) is -0.746. The normalized spacial score (nSPS) is 10.2. The maximum Gasteiger partial charge on any atom is 0.417 e. The van der Waals surface area contributed by atoms with Crippen molar-refractivity contribution in [2.75, 3.05) is 32.5 Å². The average molecular weight is 400 g/mol. The molecule has 0 fully saturated rings. The maximum absolute atomic E-state index is 12.8. The predicted octanol–water partition coefficient (Wildman–Crippen LogP) is 3.70. The summed E-state index contributed by atoms with van der Waals surface area (Å²) >= 11 is 1.30. The summed E-state index contributed by atoms with van der Waals surface area (Å²) in [5, 5.41) is 11.5. The van der Waals surface area contributed by atoms with E-state index in [1.165, 1.54) is 24.9 Å². The number of unbranched alkanes of at least 4 members (excludes halogenated alkanes) is 1. The molecular formula is C17H24N2O7S. The van der Waals surface area contributed by atoms with E-state index < -0.39 is 22.6 Å². The number of rotatable bonds is 10. The van der Waals surface area contributed by atoms with Crippen molar-refractivity contribution in [3.05, 3.63) is 27.8 Å². The van der Waals surface area contributed by atoms with Crippen LogP contribution in [0, 0.1) is 10.1 Å². The number of imide groups is 1. The van der Waals surface area contributed by atoms with Crippen molar-refractivity contribution in [3.8, 4) is 11.5 Å². The number of ether oxygens (including phenoxy) is 3. The van der Waals surface area contributed by atoms with E-state index in [4.69, 9.17) is 9.47 Å². The zero-order chi connectivity index (χ0) is 20.4. The first-order chi connectivity index (χ1) is 12.9. The van der Waals surface area contributed by atoms with Crippen LogP contribution in [0.4, 0.5) is 10.5 Å². The first kappa shape index (κ1) is 22.6. The first-order valence-corrected chi connectivity index (χ1v) is 9.53. The van der Waals surface area contributed by atoms with Crippen LogP contribution in [0.3, 0.4) is 0 Å². The van der Waals surface area contributed by atoms with E-state index in [2.05, 4.69) is 4.74 Å². The third kappa shape index (κ3) is 6.02. The molecule has 0 saturated carbocycles. The van der Waals surface area contributed by atoms with Gasteiger partial charge in [0.05, 0.1) is 37.7 Å². The van der Waals surface area contributed by atoms with Crippen molar-refractivity contribution in [1.29, 1.82) is 0 Å². The summed E-state index contributed by atoms with van der Waals surface area (Å²) in [6, 6.07) is 2.36. The van der Waals surface area contributed by atoms with Gasteiger partial charge in [0.1, 0.15) is 5.56 Å². The van der Waals surface area contributed by atoms with Gasteiger partial charge in [0, 0.05) is 6.07 Å². The molecule has 0 heterocycles.